The zero-order valence-corrected chi connectivity index (χ0v) is 24.4. The fraction of sp³-hybridized carbons (Fsp3) is 0.105. The lowest BCUT2D eigenvalue weighted by atomic mass is 9.45. The molecular formula is C38H25BN2S. The molecule has 0 fully saturated rings. The highest BCUT2D eigenvalue weighted by atomic mass is 32.1. The summed E-state index contributed by atoms with van der Waals surface area (Å²) in [5, 5.41) is 5.55. The monoisotopic (exact) mass is 552 g/mol. The SMILES string of the molecule is Cc1cc2c3c(c1)-n1c4c(c5cccc(c51)B3n1c3sc5ccccc5c3c3cccc-2c31)C(C)(C)c1ccccc1-4. The molecule has 0 spiro atoms. The van der Waals surface area contributed by atoms with Crippen molar-refractivity contribution >= 4 is 71.2 Å². The van der Waals surface area contributed by atoms with Gasteiger partial charge in [0.2, 0.25) is 0 Å². The Morgan fingerprint density at radius 3 is 2.40 bits per heavy atom. The van der Waals surface area contributed by atoms with Gasteiger partial charge < -0.3 is 9.05 Å². The van der Waals surface area contributed by atoms with Gasteiger partial charge in [-0.25, -0.2) is 0 Å². The molecular weight excluding hydrogens is 527 g/mol. The predicted octanol–water partition coefficient (Wildman–Crippen LogP) is 8.52. The molecule has 4 heteroatoms. The van der Waals surface area contributed by atoms with Crippen LogP contribution in [0.5, 0.6) is 0 Å². The molecule has 3 aliphatic rings. The molecule has 11 rings (SSSR count). The van der Waals surface area contributed by atoms with Gasteiger partial charge in [-0.05, 0) is 52.2 Å². The van der Waals surface area contributed by atoms with Crippen molar-refractivity contribution in [2.45, 2.75) is 26.2 Å². The fourth-order valence-corrected chi connectivity index (χ4v) is 10.3. The summed E-state index contributed by atoms with van der Waals surface area (Å²) < 4.78 is 6.72. The molecule has 0 bridgehead atoms. The van der Waals surface area contributed by atoms with E-state index < -0.39 is 0 Å². The largest absolute Gasteiger partial charge is 0.367 e. The number of hydrogen-bond donors (Lipinski definition) is 0. The Kier molecular flexibility index (Phi) is 3.64. The summed E-state index contributed by atoms with van der Waals surface area (Å²) in [6.45, 7) is 7.22. The second-order valence-electron chi connectivity index (χ2n) is 13.0. The molecule has 8 aromatic rings. The number of aromatic nitrogens is 2. The average molecular weight is 553 g/mol. The number of thiophene rings is 1. The molecule has 196 valence electrons. The lowest BCUT2D eigenvalue weighted by molar-refractivity contribution is 0.666. The van der Waals surface area contributed by atoms with Crippen molar-refractivity contribution in [3.8, 4) is 28.1 Å². The van der Waals surface area contributed by atoms with E-state index in [0.29, 0.717) is 0 Å². The maximum Gasteiger partial charge on any atom is 0.333 e. The standard InChI is InChI=1S/C38H25BN2S/c1-20-18-26-21-12-8-13-24-31-23-11-5-7-17-30(23)42-37(31)41(34(21)24)39-28-16-9-14-25-32-36(40(35(25)28)29(19-20)33(26)39)22-10-4-6-15-27(22)38(32,2)3/h4-19H,1-3H3. The zero-order valence-electron chi connectivity index (χ0n) is 23.6. The first-order valence-electron chi connectivity index (χ1n) is 14.9. The number of nitrogens with zero attached hydrogens (tertiary/aromatic N) is 2. The Morgan fingerprint density at radius 2 is 1.48 bits per heavy atom. The molecule has 5 heterocycles. The third kappa shape index (κ3) is 2.23. The van der Waals surface area contributed by atoms with E-state index in [1.165, 1.54) is 97.8 Å². The summed E-state index contributed by atoms with van der Waals surface area (Å²) in [7, 11) is 0. The van der Waals surface area contributed by atoms with E-state index in [1.807, 2.05) is 11.3 Å². The van der Waals surface area contributed by atoms with E-state index in [9.17, 15) is 0 Å². The molecule has 0 amide bonds. The zero-order chi connectivity index (χ0) is 27.6. The molecule has 0 radical (unpaired) electrons. The fourth-order valence-electron chi connectivity index (χ4n) is 9.01. The van der Waals surface area contributed by atoms with Crippen molar-refractivity contribution in [2.75, 3.05) is 0 Å². The topological polar surface area (TPSA) is 9.86 Å². The van der Waals surface area contributed by atoms with Gasteiger partial charge in [0.05, 0.1) is 16.0 Å². The molecule has 5 aromatic carbocycles. The maximum absolute atomic E-state index is 2.71. The molecule has 2 aliphatic heterocycles. The highest BCUT2D eigenvalue weighted by Gasteiger charge is 2.46. The first-order chi connectivity index (χ1) is 20.5. The highest BCUT2D eigenvalue weighted by molar-refractivity contribution is 7.26. The second-order valence-corrected chi connectivity index (χ2v) is 14.0. The minimum atomic E-state index is -0.0662. The summed E-state index contributed by atoms with van der Waals surface area (Å²) in [5.41, 5.74) is 16.6. The Morgan fingerprint density at radius 1 is 0.714 bits per heavy atom. The Bertz CT molecular complexity index is 2570. The molecule has 0 atom stereocenters. The van der Waals surface area contributed by atoms with Crippen LogP contribution in [-0.2, 0) is 5.41 Å². The highest BCUT2D eigenvalue weighted by Crippen LogP contribution is 2.55. The third-order valence-electron chi connectivity index (χ3n) is 10.5. The summed E-state index contributed by atoms with van der Waals surface area (Å²) in [4.78, 5) is 1.39. The van der Waals surface area contributed by atoms with E-state index in [-0.39, 0.29) is 12.3 Å². The first-order valence-corrected chi connectivity index (χ1v) is 15.7. The van der Waals surface area contributed by atoms with E-state index >= 15 is 0 Å². The van der Waals surface area contributed by atoms with Crippen LogP contribution in [0.3, 0.4) is 0 Å². The van der Waals surface area contributed by atoms with Crippen molar-refractivity contribution in [2.24, 2.45) is 0 Å². The summed E-state index contributed by atoms with van der Waals surface area (Å²) in [5.74, 6) is 0. The number of benzene rings is 5. The minimum absolute atomic E-state index is 0.0662. The first kappa shape index (κ1) is 22.1. The van der Waals surface area contributed by atoms with E-state index in [1.54, 1.807) is 0 Å². The Labute approximate surface area is 247 Å². The molecule has 1 aliphatic carbocycles. The number of rotatable bonds is 0. The smallest absolute Gasteiger partial charge is 0.333 e. The van der Waals surface area contributed by atoms with Crippen LogP contribution in [0.15, 0.2) is 97.1 Å². The lowest BCUT2D eigenvalue weighted by Gasteiger charge is -2.34. The van der Waals surface area contributed by atoms with Gasteiger partial charge in [-0.15, -0.1) is 11.3 Å². The predicted molar refractivity (Wildman–Crippen MR) is 180 cm³/mol. The van der Waals surface area contributed by atoms with E-state index in [0.717, 1.165) is 0 Å². The van der Waals surface area contributed by atoms with Crippen molar-refractivity contribution in [1.29, 1.82) is 0 Å². The van der Waals surface area contributed by atoms with Gasteiger partial charge in [-0.2, -0.15) is 0 Å². The van der Waals surface area contributed by atoms with Crippen LogP contribution < -0.4 is 10.9 Å². The van der Waals surface area contributed by atoms with Gasteiger partial charge in [0.25, 0.3) is 0 Å². The van der Waals surface area contributed by atoms with Crippen LogP contribution in [0.4, 0.5) is 0 Å². The van der Waals surface area contributed by atoms with Crippen LogP contribution >= 0.6 is 11.3 Å². The third-order valence-corrected chi connectivity index (χ3v) is 11.7. The van der Waals surface area contributed by atoms with Gasteiger partial charge in [-0.3, -0.25) is 0 Å². The quantitative estimate of drug-likeness (QED) is 0.167. The van der Waals surface area contributed by atoms with Crippen molar-refractivity contribution in [3.63, 3.8) is 0 Å². The summed E-state index contributed by atoms with van der Waals surface area (Å²) in [6, 6.07) is 37.0. The van der Waals surface area contributed by atoms with Crippen LogP contribution in [-0.4, -0.2) is 15.9 Å². The van der Waals surface area contributed by atoms with Crippen molar-refractivity contribution in [3.05, 3.63) is 114 Å². The lowest BCUT2D eigenvalue weighted by Crippen LogP contribution is -2.55. The Balaban J connectivity index is 1.40. The van der Waals surface area contributed by atoms with Crippen LogP contribution in [0.25, 0.3) is 70.2 Å². The van der Waals surface area contributed by atoms with Crippen molar-refractivity contribution < 1.29 is 0 Å². The summed E-state index contributed by atoms with van der Waals surface area (Å²) >= 11 is 1.95. The molecule has 0 unspecified atom stereocenters. The molecule has 0 saturated heterocycles. The average Bonchev–Trinajstić information content (AvgIpc) is 3.71. The number of aryl methyl sites for hydroxylation is 1. The minimum Gasteiger partial charge on any atom is -0.367 e. The molecule has 2 nitrogen and oxygen atoms in total. The van der Waals surface area contributed by atoms with E-state index in [2.05, 4.69) is 127 Å². The summed E-state index contributed by atoms with van der Waals surface area (Å²) in [6.07, 6.45) is 0. The van der Waals surface area contributed by atoms with Gasteiger partial charge >= 0.3 is 6.85 Å². The Hall–Kier alpha value is -4.54. The van der Waals surface area contributed by atoms with Crippen LogP contribution in [0, 0.1) is 6.92 Å². The molecule has 42 heavy (non-hydrogen) atoms. The maximum atomic E-state index is 2.71. The van der Waals surface area contributed by atoms with Crippen LogP contribution in [0.2, 0.25) is 0 Å². The van der Waals surface area contributed by atoms with Crippen LogP contribution in [0.1, 0.15) is 30.5 Å². The number of fused-ring (bicyclic) bond motifs is 14. The molecule has 3 aromatic heterocycles. The van der Waals surface area contributed by atoms with Crippen molar-refractivity contribution in [1.82, 2.24) is 9.05 Å². The molecule has 0 N–H and O–H groups in total. The normalized spacial score (nSPS) is 15.2. The van der Waals surface area contributed by atoms with Gasteiger partial charge in [0.15, 0.2) is 0 Å². The number of hydrogen-bond acceptors (Lipinski definition) is 1. The van der Waals surface area contributed by atoms with Gasteiger partial charge in [0.1, 0.15) is 0 Å². The van der Waals surface area contributed by atoms with E-state index in [4.69, 9.17) is 0 Å². The second kappa shape index (κ2) is 6.91. The van der Waals surface area contributed by atoms with Gasteiger partial charge in [0, 0.05) is 54.0 Å². The van der Waals surface area contributed by atoms with Gasteiger partial charge in [-0.1, -0.05) is 98.8 Å². The molecule has 0 saturated carbocycles. The number of para-hydroxylation sites is 2.